The molecule has 1 aliphatic rings. The Kier molecular flexibility index (Phi) is 5.31. The van der Waals surface area contributed by atoms with Crippen molar-refractivity contribution >= 4 is 17.8 Å². The van der Waals surface area contributed by atoms with E-state index in [1.807, 2.05) is 30.3 Å². The van der Waals surface area contributed by atoms with Crippen LogP contribution in [0.5, 0.6) is 0 Å². The number of ether oxygens (including phenoxy) is 1. The first-order valence-corrected chi connectivity index (χ1v) is 8.35. The van der Waals surface area contributed by atoms with E-state index in [2.05, 4.69) is 5.32 Å². The lowest BCUT2D eigenvalue weighted by Crippen LogP contribution is -2.30. The number of esters is 1. The maximum Gasteiger partial charge on any atom is 0.338 e. The summed E-state index contributed by atoms with van der Waals surface area (Å²) in [5.41, 5.74) is 2.96. The second kappa shape index (κ2) is 7.82. The third-order valence-electron chi connectivity index (χ3n) is 4.37. The highest BCUT2D eigenvalue weighted by Crippen LogP contribution is 2.22. The molecule has 0 fully saturated rings. The maximum absolute atomic E-state index is 12.3. The van der Waals surface area contributed by atoms with Crippen molar-refractivity contribution in [2.75, 3.05) is 0 Å². The number of benzene rings is 2. The minimum Gasteiger partial charge on any atom is -0.481 e. The van der Waals surface area contributed by atoms with E-state index >= 15 is 0 Å². The Hall–Kier alpha value is -3.15. The molecule has 134 valence electrons. The van der Waals surface area contributed by atoms with Crippen molar-refractivity contribution in [1.82, 2.24) is 5.32 Å². The van der Waals surface area contributed by atoms with Crippen LogP contribution in [0, 0.1) is 5.92 Å². The van der Waals surface area contributed by atoms with Crippen molar-refractivity contribution in [3.05, 3.63) is 70.8 Å². The van der Waals surface area contributed by atoms with Crippen LogP contribution < -0.4 is 5.32 Å². The molecule has 0 aliphatic carbocycles. The van der Waals surface area contributed by atoms with Crippen LogP contribution in [-0.2, 0) is 33.9 Å². The summed E-state index contributed by atoms with van der Waals surface area (Å²) in [6.07, 6.45) is 0.0429. The summed E-state index contributed by atoms with van der Waals surface area (Å²) < 4.78 is 5.33. The van der Waals surface area contributed by atoms with Gasteiger partial charge >= 0.3 is 11.9 Å². The minimum atomic E-state index is -1.02. The molecule has 0 aromatic heterocycles. The molecule has 3 rings (SSSR count). The molecular weight excluding hydrogens is 334 g/mol. The van der Waals surface area contributed by atoms with E-state index in [-0.39, 0.29) is 25.4 Å². The van der Waals surface area contributed by atoms with Gasteiger partial charge in [0.15, 0.2) is 0 Å². The van der Waals surface area contributed by atoms with Crippen LogP contribution in [0.25, 0.3) is 0 Å². The van der Waals surface area contributed by atoms with E-state index in [0.717, 1.165) is 16.7 Å². The van der Waals surface area contributed by atoms with E-state index < -0.39 is 17.9 Å². The van der Waals surface area contributed by atoms with Crippen LogP contribution in [0.2, 0.25) is 0 Å². The molecule has 0 radical (unpaired) electrons. The summed E-state index contributed by atoms with van der Waals surface area (Å²) in [5, 5.41) is 11.7. The second-order valence-electron chi connectivity index (χ2n) is 6.26. The van der Waals surface area contributed by atoms with Gasteiger partial charge in [0.1, 0.15) is 6.61 Å². The van der Waals surface area contributed by atoms with Gasteiger partial charge in [-0.2, -0.15) is 0 Å². The van der Waals surface area contributed by atoms with E-state index in [1.165, 1.54) is 0 Å². The molecule has 1 aliphatic heterocycles. The first-order valence-electron chi connectivity index (χ1n) is 8.35. The summed E-state index contributed by atoms with van der Waals surface area (Å²) in [6, 6.07) is 14.5. The largest absolute Gasteiger partial charge is 0.481 e. The number of fused-ring (bicyclic) bond motifs is 1. The van der Waals surface area contributed by atoms with Gasteiger partial charge < -0.3 is 15.2 Å². The number of carbonyl (C=O) groups is 3. The molecule has 0 saturated heterocycles. The molecule has 1 amide bonds. The van der Waals surface area contributed by atoms with Gasteiger partial charge in [0, 0.05) is 6.54 Å². The van der Waals surface area contributed by atoms with Gasteiger partial charge in [-0.15, -0.1) is 0 Å². The predicted molar refractivity (Wildman–Crippen MR) is 93.3 cm³/mol. The second-order valence-corrected chi connectivity index (χ2v) is 6.26. The Labute approximate surface area is 150 Å². The van der Waals surface area contributed by atoms with Gasteiger partial charge in [-0.05, 0) is 35.2 Å². The van der Waals surface area contributed by atoms with Gasteiger partial charge in [-0.3, -0.25) is 9.59 Å². The highest BCUT2D eigenvalue weighted by Gasteiger charge is 2.26. The quantitative estimate of drug-likeness (QED) is 0.805. The van der Waals surface area contributed by atoms with E-state index in [4.69, 9.17) is 9.84 Å². The zero-order valence-electron chi connectivity index (χ0n) is 14.1. The standard InChI is InChI=1S/C20H19NO5/c22-18(23)10-17-9-16-8-14(6-7-15(16)11-21-19(17)24)20(25)26-12-13-4-2-1-3-5-13/h1-8,17H,9-12H2,(H,21,24)(H,22,23). The fourth-order valence-electron chi connectivity index (χ4n) is 2.98. The van der Waals surface area contributed by atoms with Crippen molar-refractivity contribution in [3.63, 3.8) is 0 Å². The molecule has 26 heavy (non-hydrogen) atoms. The molecule has 1 atom stereocenters. The van der Waals surface area contributed by atoms with Crippen LogP contribution in [-0.4, -0.2) is 23.0 Å². The molecule has 1 heterocycles. The molecular formula is C20H19NO5. The fraction of sp³-hybridized carbons (Fsp3) is 0.250. The van der Waals surface area contributed by atoms with Crippen LogP contribution in [0.1, 0.15) is 33.5 Å². The van der Waals surface area contributed by atoms with Crippen LogP contribution in [0.4, 0.5) is 0 Å². The summed E-state index contributed by atoms with van der Waals surface area (Å²) in [5.74, 6) is -2.40. The van der Waals surface area contributed by atoms with Gasteiger partial charge in [0.05, 0.1) is 17.9 Å². The molecule has 6 nitrogen and oxygen atoms in total. The van der Waals surface area contributed by atoms with Crippen molar-refractivity contribution in [3.8, 4) is 0 Å². The van der Waals surface area contributed by atoms with E-state index in [1.54, 1.807) is 18.2 Å². The monoisotopic (exact) mass is 353 g/mol. The first kappa shape index (κ1) is 17.7. The molecule has 0 saturated carbocycles. The normalized spacial score (nSPS) is 16.2. The van der Waals surface area contributed by atoms with Crippen molar-refractivity contribution < 1.29 is 24.2 Å². The number of hydrogen-bond acceptors (Lipinski definition) is 4. The molecule has 6 heteroatoms. The molecule has 2 N–H and O–H groups in total. The Morgan fingerprint density at radius 3 is 2.62 bits per heavy atom. The van der Waals surface area contributed by atoms with E-state index in [0.29, 0.717) is 12.1 Å². The predicted octanol–water partition coefficient (Wildman–Crippen LogP) is 2.31. The Morgan fingerprint density at radius 2 is 1.88 bits per heavy atom. The van der Waals surface area contributed by atoms with Crippen molar-refractivity contribution in [2.24, 2.45) is 5.92 Å². The number of hydrogen-bond donors (Lipinski definition) is 2. The zero-order chi connectivity index (χ0) is 18.5. The Bertz CT molecular complexity index is 831. The van der Waals surface area contributed by atoms with Gasteiger partial charge in [0.2, 0.25) is 5.91 Å². The zero-order valence-corrected chi connectivity index (χ0v) is 14.1. The lowest BCUT2D eigenvalue weighted by atomic mass is 9.93. The molecule has 2 aromatic carbocycles. The number of amides is 1. The first-order chi connectivity index (χ1) is 12.5. The van der Waals surface area contributed by atoms with Crippen molar-refractivity contribution in [1.29, 1.82) is 0 Å². The topological polar surface area (TPSA) is 92.7 Å². The molecule has 0 spiro atoms. The SMILES string of the molecule is O=C(O)CC1Cc2cc(C(=O)OCc3ccccc3)ccc2CNC1=O. The number of carbonyl (C=O) groups excluding carboxylic acids is 2. The van der Waals surface area contributed by atoms with Crippen molar-refractivity contribution in [2.45, 2.75) is 26.0 Å². The summed E-state index contributed by atoms with van der Waals surface area (Å²) >= 11 is 0. The average molecular weight is 353 g/mol. The van der Waals surface area contributed by atoms with Crippen LogP contribution in [0.15, 0.2) is 48.5 Å². The molecule has 1 unspecified atom stereocenters. The van der Waals surface area contributed by atoms with E-state index in [9.17, 15) is 14.4 Å². The third-order valence-corrected chi connectivity index (χ3v) is 4.37. The molecule has 2 aromatic rings. The third kappa shape index (κ3) is 4.27. The lowest BCUT2D eigenvalue weighted by molar-refractivity contribution is -0.141. The minimum absolute atomic E-state index is 0.179. The summed E-state index contributed by atoms with van der Waals surface area (Å²) in [4.78, 5) is 35.3. The highest BCUT2D eigenvalue weighted by molar-refractivity contribution is 5.90. The number of carboxylic acids is 1. The Balaban J connectivity index is 1.74. The average Bonchev–Trinajstić information content (AvgIpc) is 2.79. The highest BCUT2D eigenvalue weighted by atomic mass is 16.5. The van der Waals surface area contributed by atoms with Gasteiger partial charge in [-0.1, -0.05) is 36.4 Å². The number of nitrogens with one attached hydrogen (secondary N) is 1. The fourth-order valence-corrected chi connectivity index (χ4v) is 2.98. The molecule has 0 bridgehead atoms. The Morgan fingerprint density at radius 1 is 1.12 bits per heavy atom. The van der Waals surface area contributed by atoms with Crippen LogP contribution >= 0.6 is 0 Å². The van der Waals surface area contributed by atoms with Gasteiger partial charge in [0.25, 0.3) is 0 Å². The maximum atomic E-state index is 12.3. The summed E-state index contributed by atoms with van der Waals surface area (Å²) in [7, 11) is 0. The van der Waals surface area contributed by atoms with Crippen LogP contribution in [0.3, 0.4) is 0 Å². The van der Waals surface area contributed by atoms with Gasteiger partial charge in [-0.25, -0.2) is 4.79 Å². The number of aliphatic carboxylic acids is 1. The lowest BCUT2D eigenvalue weighted by Gasteiger charge is -2.11. The number of rotatable bonds is 5. The number of carboxylic acid groups (broad SMARTS) is 1. The smallest absolute Gasteiger partial charge is 0.338 e. The summed E-state index contributed by atoms with van der Waals surface area (Å²) in [6.45, 7) is 0.502.